The molecule has 2 amide bonds. The highest BCUT2D eigenvalue weighted by atomic mass is 35.5. The first kappa shape index (κ1) is 23.7. The highest BCUT2D eigenvalue weighted by Crippen LogP contribution is 2.36. The molecule has 3 atom stereocenters. The van der Waals surface area contributed by atoms with E-state index in [1.807, 2.05) is 43.3 Å². The van der Waals surface area contributed by atoms with Crippen LogP contribution in [0, 0.1) is 0 Å². The molecular weight excluding hydrogens is 493 g/mol. The van der Waals surface area contributed by atoms with Crippen LogP contribution in [0.15, 0.2) is 42.5 Å². The van der Waals surface area contributed by atoms with Gasteiger partial charge in [0.25, 0.3) is 5.91 Å². The van der Waals surface area contributed by atoms with Gasteiger partial charge >= 0.3 is 0 Å². The van der Waals surface area contributed by atoms with Gasteiger partial charge in [-0.15, -0.1) is 0 Å². The van der Waals surface area contributed by atoms with Gasteiger partial charge in [0.15, 0.2) is 0 Å². The molecule has 1 fully saturated rings. The minimum absolute atomic E-state index is 0.0112. The number of ether oxygens (including phenoxy) is 2. The lowest BCUT2D eigenvalue weighted by Gasteiger charge is -2.29. The molecule has 0 unspecified atom stereocenters. The normalized spacial score (nSPS) is 22.0. The fourth-order valence-electron chi connectivity index (χ4n) is 4.27. The van der Waals surface area contributed by atoms with Gasteiger partial charge in [-0.3, -0.25) is 9.59 Å². The third kappa shape index (κ3) is 4.77. The van der Waals surface area contributed by atoms with Crippen molar-refractivity contribution < 1.29 is 19.1 Å². The number of rotatable bonds is 6. The number of aromatic nitrogens is 3. The van der Waals surface area contributed by atoms with Crippen molar-refractivity contribution in [1.29, 1.82) is 0 Å². The van der Waals surface area contributed by atoms with Crippen LogP contribution in [0.3, 0.4) is 0 Å². The molecule has 9 nitrogen and oxygen atoms in total. The summed E-state index contributed by atoms with van der Waals surface area (Å²) in [4.78, 5) is 29.5. The van der Waals surface area contributed by atoms with E-state index in [1.165, 1.54) is 6.07 Å². The summed E-state index contributed by atoms with van der Waals surface area (Å²) in [6.45, 7) is 2.70. The highest BCUT2D eigenvalue weighted by molar-refractivity contribution is 6.41. The minimum atomic E-state index is -1.33. The van der Waals surface area contributed by atoms with E-state index in [4.69, 9.17) is 32.7 Å². The lowest BCUT2D eigenvalue weighted by atomic mass is 9.91. The average molecular weight is 516 g/mol. The van der Waals surface area contributed by atoms with E-state index in [9.17, 15) is 9.59 Å². The Labute approximate surface area is 211 Å². The molecule has 35 heavy (non-hydrogen) atoms. The molecule has 3 N–H and O–H groups in total. The number of carbonyl (C=O) groups is 2. The third-order valence-corrected chi connectivity index (χ3v) is 6.95. The molecule has 11 heteroatoms. The van der Waals surface area contributed by atoms with Gasteiger partial charge in [-0.05, 0) is 24.6 Å². The molecule has 1 saturated heterocycles. The van der Waals surface area contributed by atoms with Crippen LogP contribution in [0.2, 0.25) is 10.2 Å². The second kappa shape index (κ2) is 9.58. The zero-order chi connectivity index (χ0) is 24.6. The lowest BCUT2D eigenvalue weighted by molar-refractivity contribution is -0.128. The first-order valence-corrected chi connectivity index (χ1v) is 11.9. The van der Waals surface area contributed by atoms with Crippen LogP contribution in [-0.4, -0.2) is 39.1 Å². The van der Waals surface area contributed by atoms with Crippen molar-refractivity contribution in [3.63, 3.8) is 0 Å². The predicted molar refractivity (Wildman–Crippen MR) is 128 cm³/mol. The summed E-state index contributed by atoms with van der Waals surface area (Å²) in [7, 11) is 0. The summed E-state index contributed by atoms with van der Waals surface area (Å²) < 4.78 is 11.4. The Kier molecular flexibility index (Phi) is 6.50. The molecule has 3 aromatic rings. The SMILES string of the molecule is C[C@H](NC(=O)[C@]1(NC(=O)c2cc(Cl)c(Cl)[nH]2)CO[C@H](c2ccccc2)C1)c1cc2c(nn1)COC2. The van der Waals surface area contributed by atoms with Gasteiger partial charge in [-0.2, -0.15) is 10.2 Å². The predicted octanol–water partition coefficient (Wildman–Crippen LogP) is 3.65. The number of hydrogen-bond donors (Lipinski definition) is 3. The van der Waals surface area contributed by atoms with Crippen LogP contribution >= 0.6 is 23.2 Å². The van der Waals surface area contributed by atoms with Gasteiger partial charge in [0.2, 0.25) is 5.91 Å². The van der Waals surface area contributed by atoms with Crippen LogP contribution in [0.5, 0.6) is 0 Å². The second-order valence-electron chi connectivity index (χ2n) is 8.72. The average Bonchev–Trinajstić information content (AvgIpc) is 3.58. The number of carbonyl (C=O) groups excluding carboxylic acids is 2. The van der Waals surface area contributed by atoms with E-state index in [2.05, 4.69) is 25.8 Å². The lowest BCUT2D eigenvalue weighted by Crippen LogP contribution is -2.59. The summed E-state index contributed by atoms with van der Waals surface area (Å²) in [6.07, 6.45) is -0.127. The van der Waals surface area contributed by atoms with Crippen LogP contribution in [0.1, 0.15) is 58.5 Å². The third-order valence-electron chi connectivity index (χ3n) is 6.26. The largest absolute Gasteiger partial charge is 0.370 e. The maximum Gasteiger partial charge on any atom is 0.268 e. The van der Waals surface area contributed by atoms with Crippen LogP contribution in [-0.2, 0) is 27.5 Å². The van der Waals surface area contributed by atoms with Crippen molar-refractivity contribution in [2.75, 3.05) is 6.61 Å². The van der Waals surface area contributed by atoms with Crippen molar-refractivity contribution in [1.82, 2.24) is 25.8 Å². The first-order valence-electron chi connectivity index (χ1n) is 11.1. The van der Waals surface area contributed by atoms with Crippen LogP contribution in [0.4, 0.5) is 0 Å². The summed E-state index contributed by atoms with van der Waals surface area (Å²) in [5.74, 6) is -0.910. The van der Waals surface area contributed by atoms with E-state index < -0.39 is 17.5 Å². The molecule has 1 aromatic carbocycles. The quantitative estimate of drug-likeness (QED) is 0.461. The molecule has 2 aromatic heterocycles. The maximum atomic E-state index is 13.7. The second-order valence-corrected chi connectivity index (χ2v) is 9.51. The molecular formula is C24H23Cl2N5O4. The van der Waals surface area contributed by atoms with Crippen molar-refractivity contribution >= 4 is 35.0 Å². The van der Waals surface area contributed by atoms with Crippen molar-refractivity contribution in [3.05, 3.63) is 80.8 Å². The molecule has 2 aliphatic heterocycles. The fraction of sp³-hybridized carbons (Fsp3) is 0.333. The first-order chi connectivity index (χ1) is 16.8. The van der Waals surface area contributed by atoms with Gasteiger partial charge in [0.05, 0.1) is 48.4 Å². The number of benzene rings is 1. The summed E-state index contributed by atoms with van der Waals surface area (Å²) in [5, 5.41) is 14.6. The standard InChI is InChI=1S/C24H23Cl2N5O4/c1-13(17-7-15-10-34-11-19(15)31-30-17)27-23(33)24(29-22(32)18-8-16(25)21(26)28-18)9-20(35-12-24)14-5-3-2-4-6-14/h2-8,13,20,28H,9-12H2,1H3,(H,27,33)(H,29,32)/t13-,20-,24+/m0/s1. The summed E-state index contributed by atoms with van der Waals surface area (Å²) in [6, 6.07) is 12.4. The Morgan fingerprint density at radius 1 is 1.17 bits per heavy atom. The molecule has 4 heterocycles. The fourth-order valence-corrected chi connectivity index (χ4v) is 4.58. The molecule has 0 radical (unpaired) electrons. The molecule has 0 saturated carbocycles. The molecule has 0 aliphatic carbocycles. The van der Waals surface area contributed by atoms with Gasteiger partial charge in [0.1, 0.15) is 16.4 Å². The molecule has 0 spiro atoms. The number of aromatic amines is 1. The number of nitrogens with zero attached hydrogens (tertiary/aromatic N) is 2. The monoisotopic (exact) mass is 515 g/mol. The number of H-pyrrole nitrogens is 1. The zero-order valence-corrected chi connectivity index (χ0v) is 20.3. The number of fused-ring (bicyclic) bond motifs is 1. The number of nitrogens with one attached hydrogen (secondary N) is 3. The van der Waals surface area contributed by atoms with Crippen LogP contribution in [0.25, 0.3) is 0 Å². The van der Waals surface area contributed by atoms with E-state index in [-0.39, 0.29) is 40.9 Å². The zero-order valence-electron chi connectivity index (χ0n) is 18.8. The highest BCUT2D eigenvalue weighted by Gasteiger charge is 2.48. The van der Waals surface area contributed by atoms with Crippen molar-refractivity contribution in [2.45, 2.75) is 44.2 Å². The molecule has 5 rings (SSSR count). The number of hydrogen-bond acceptors (Lipinski definition) is 6. The van der Waals surface area contributed by atoms with Gasteiger partial charge in [-0.1, -0.05) is 53.5 Å². The van der Waals surface area contributed by atoms with E-state index >= 15 is 0 Å². The van der Waals surface area contributed by atoms with Gasteiger partial charge in [-0.25, -0.2) is 0 Å². The number of halogens is 2. The Morgan fingerprint density at radius 2 is 1.97 bits per heavy atom. The summed E-state index contributed by atoms with van der Waals surface area (Å²) >= 11 is 12.0. The Bertz CT molecular complexity index is 1250. The minimum Gasteiger partial charge on any atom is -0.370 e. The van der Waals surface area contributed by atoms with E-state index in [0.717, 1.165) is 16.8 Å². The summed E-state index contributed by atoms with van der Waals surface area (Å²) in [5.41, 5.74) is 2.09. The van der Waals surface area contributed by atoms with Crippen LogP contribution < -0.4 is 10.6 Å². The Hall–Kier alpha value is -2.98. The van der Waals surface area contributed by atoms with E-state index in [1.54, 1.807) is 0 Å². The van der Waals surface area contributed by atoms with E-state index in [0.29, 0.717) is 18.9 Å². The smallest absolute Gasteiger partial charge is 0.268 e. The molecule has 182 valence electrons. The Morgan fingerprint density at radius 3 is 2.71 bits per heavy atom. The maximum absolute atomic E-state index is 13.7. The van der Waals surface area contributed by atoms with Crippen molar-refractivity contribution in [3.8, 4) is 0 Å². The Balaban J connectivity index is 1.39. The molecule has 2 aliphatic rings. The topological polar surface area (TPSA) is 118 Å². The van der Waals surface area contributed by atoms with Gasteiger partial charge < -0.3 is 25.1 Å². The van der Waals surface area contributed by atoms with Crippen molar-refractivity contribution in [2.24, 2.45) is 0 Å². The molecule has 0 bridgehead atoms. The number of amides is 2. The van der Waals surface area contributed by atoms with Gasteiger partial charge in [0, 0.05) is 12.0 Å².